The summed E-state index contributed by atoms with van der Waals surface area (Å²) >= 11 is 0. The predicted octanol–water partition coefficient (Wildman–Crippen LogP) is 5.40. The fourth-order valence-electron chi connectivity index (χ4n) is 3.08. The molecule has 2 aromatic carbocycles. The van der Waals surface area contributed by atoms with Crippen molar-refractivity contribution >= 4 is 29.7 Å². The van der Waals surface area contributed by atoms with Crippen molar-refractivity contribution < 1.29 is 9.15 Å². The van der Waals surface area contributed by atoms with Crippen molar-refractivity contribution in [1.29, 1.82) is 0 Å². The highest BCUT2D eigenvalue weighted by Gasteiger charge is 2.08. The zero-order chi connectivity index (χ0) is 23.8. The topological polar surface area (TPSA) is 109 Å². The number of nitrogens with one attached hydrogen (secondary N) is 3. The summed E-state index contributed by atoms with van der Waals surface area (Å²) in [5, 5.41) is 10.6. The Balaban J connectivity index is 1.50. The number of furan rings is 1. The maximum absolute atomic E-state index is 5.37. The Kier molecular flexibility index (Phi) is 7.34. The number of hydrogen-bond donors (Lipinski definition) is 3. The second-order valence-corrected chi connectivity index (χ2v) is 7.78. The average molecular weight is 458 g/mol. The summed E-state index contributed by atoms with van der Waals surface area (Å²) in [6, 6.07) is 19.4. The zero-order valence-corrected chi connectivity index (χ0v) is 19.3. The van der Waals surface area contributed by atoms with Crippen LogP contribution in [0.2, 0.25) is 0 Å². The van der Waals surface area contributed by atoms with Gasteiger partial charge in [-0.3, -0.25) is 0 Å². The molecule has 34 heavy (non-hydrogen) atoms. The number of anilines is 4. The van der Waals surface area contributed by atoms with Gasteiger partial charge in [-0.2, -0.15) is 20.1 Å². The first-order valence-electron chi connectivity index (χ1n) is 10.9. The molecule has 0 saturated heterocycles. The lowest BCUT2D eigenvalue weighted by molar-refractivity contribution is 0.415. The van der Waals surface area contributed by atoms with Gasteiger partial charge in [0.15, 0.2) is 0 Å². The van der Waals surface area contributed by atoms with Gasteiger partial charge in [-0.15, -0.1) is 0 Å². The van der Waals surface area contributed by atoms with Crippen molar-refractivity contribution in [3.63, 3.8) is 0 Å². The Labute approximate surface area is 198 Å². The van der Waals surface area contributed by atoms with Crippen LogP contribution < -0.4 is 20.8 Å². The second-order valence-electron chi connectivity index (χ2n) is 7.78. The van der Waals surface area contributed by atoms with Gasteiger partial charge in [-0.25, -0.2) is 5.43 Å². The van der Waals surface area contributed by atoms with Crippen LogP contribution in [0, 0.1) is 0 Å². The van der Waals surface area contributed by atoms with Crippen LogP contribution in [0.1, 0.15) is 36.7 Å². The molecule has 0 radical (unpaired) electrons. The Morgan fingerprint density at radius 1 is 0.941 bits per heavy atom. The predicted molar refractivity (Wildman–Crippen MR) is 134 cm³/mol. The maximum atomic E-state index is 5.37. The SMILES string of the molecule is COc1ccc(Nc2nc(NCc3ccco3)nc(NN=Cc3ccc(C(C)C)cc3)n2)cc1. The van der Waals surface area contributed by atoms with E-state index in [1.807, 2.05) is 48.5 Å². The van der Waals surface area contributed by atoms with Crippen LogP contribution in [0.15, 0.2) is 76.4 Å². The third-order valence-corrected chi connectivity index (χ3v) is 4.96. The Morgan fingerprint density at radius 3 is 2.35 bits per heavy atom. The molecular formula is C25H27N7O2. The third kappa shape index (κ3) is 6.32. The number of hydrazone groups is 1. The number of benzene rings is 2. The number of rotatable bonds is 10. The molecule has 0 fully saturated rings. The number of nitrogens with zero attached hydrogens (tertiary/aromatic N) is 4. The summed E-state index contributed by atoms with van der Waals surface area (Å²) < 4.78 is 10.6. The molecule has 0 bridgehead atoms. The molecule has 0 amide bonds. The van der Waals surface area contributed by atoms with Gasteiger partial charge in [0.1, 0.15) is 11.5 Å². The highest BCUT2D eigenvalue weighted by molar-refractivity contribution is 5.80. The molecule has 4 rings (SSSR count). The molecule has 0 spiro atoms. The van der Waals surface area contributed by atoms with Gasteiger partial charge in [0.2, 0.25) is 17.8 Å². The van der Waals surface area contributed by atoms with Gasteiger partial charge in [-0.1, -0.05) is 38.1 Å². The normalized spacial score (nSPS) is 11.1. The molecule has 3 N–H and O–H groups in total. The third-order valence-electron chi connectivity index (χ3n) is 4.96. The lowest BCUT2D eigenvalue weighted by Gasteiger charge is -2.10. The van der Waals surface area contributed by atoms with Gasteiger partial charge in [0.05, 0.1) is 26.1 Å². The van der Waals surface area contributed by atoms with E-state index < -0.39 is 0 Å². The minimum atomic E-state index is 0.294. The summed E-state index contributed by atoms with van der Waals surface area (Å²) in [4.78, 5) is 13.3. The van der Waals surface area contributed by atoms with E-state index in [0.29, 0.717) is 30.3 Å². The summed E-state index contributed by atoms with van der Waals surface area (Å²) in [7, 11) is 1.63. The molecule has 174 valence electrons. The largest absolute Gasteiger partial charge is 0.497 e. The van der Waals surface area contributed by atoms with Crippen molar-refractivity contribution in [2.75, 3.05) is 23.2 Å². The molecule has 0 aliphatic rings. The first-order chi connectivity index (χ1) is 16.6. The molecule has 2 aromatic heterocycles. The zero-order valence-electron chi connectivity index (χ0n) is 19.3. The first-order valence-corrected chi connectivity index (χ1v) is 10.9. The van der Waals surface area contributed by atoms with E-state index >= 15 is 0 Å². The van der Waals surface area contributed by atoms with Crippen LogP contribution in [0.3, 0.4) is 0 Å². The van der Waals surface area contributed by atoms with Gasteiger partial charge in [-0.05, 0) is 53.4 Å². The fourth-order valence-corrected chi connectivity index (χ4v) is 3.08. The molecule has 0 unspecified atom stereocenters. The van der Waals surface area contributed by atoms with Gasteiger partial charge >= 0.3 is 0 Å². The van der Waals surface area contributed by atoms with E-state index in [4.69, 9.17) is 9.15 Å². The minimum Gasteiger partial charge on any atom is -0.497 e. The molecule has 4 aromatic rings. The lowest BCUT2D eigenvalue weighted by Crippen LogP contribution is -2.09. The van der Waals surface area contributed by atoms with E-state index in [0.717, 1.165) is 22.8 Å². The van der Waals surface area contributed by atoms with Gasteiger partial charge in [0.25, 0.3) is 0 Å². The van der Waals surface area contributed by atoms with E-state index in [1.165, 1.54) is 5.56 Å². The number of hydrogen-bond acceptors (Lipinski definition) is 9. The number of aromatic nitrogens is 3. The smallest absolute Gasteiger partial charge is 0.250 e. The van der Waals surface area contributed by atoms with Crippen LogP contribution in [0.25, 0.3) is 0 Å². The molecule has 0 atom stereocenters. The van der Waals surface area contributed by atoms with Gasteiger partial charge < -0.3 is 19.8 Å². The molecule has 0 saturated carbocycles. The molecule has 2 heterocycles. The Morgan fingerprint density at radius 2 is 1.68 bits per heavy atom. The highest BCUT2D eigenvalue weighted by atomic mass is 16.5. The van der Waals surface area contributed by atoms with Crippen molar-refractivity contribution in [1.82, 2.24) is 15.0 Å². The molecule has 9 heteroatoms. The van der Waals surface area contributed by atoms with Crippen LogP contribution in [-0.4, -0.2) is 28.3 Å². The quantitative estimate of drug-likeness (QED) is 0.215. The molecular weight excluding hydrogens is 430 g/mol. The summed E-state index contributed by atoms with van der Waals surface area (Å²) in [6.45, 7) is 4.77. The first kappa shape index (κ1) is 22.8. The van der Waals surface area contributed by atoms with Crippen molar-refractivity contribution in [2.45, 2.75) is 26.3 Å². The average Bonchev–Trinajstić information content (AvgIpc) is 3.37. The number of ether oxygens (including phenoxy) is 1. The summed E-state index contributed by atoms with van der Waals surface area (Å²) in [6.07, 6.45) is 3.34. The van der Waals surface area contributed by atoms with Crippen molar-refractivity contribution in [2.24, 2.45) is 5.10 Å². The van der Waals surface area contributed by atoms with E-state index in [-0.39, 0.29) is 0 Å². The van der Waals surface area contributed by atoms with Crippen molar-refractivity contribution in [3.05, 3.63) is 83.8 Å². The lowest BCUT2D eigenvalue weighted by atomic mass is 10.0. The van der Waals surface area contributed by atoms with Crippen LogP contribution >= 0.6 is 0 Å². The second kappa shape index (κ2) is 11.0. The molecule has 0 aliphatic heterocycles. The highest BCUT2D eigenvalue weighted by Crippen LogP contribution is 2.20. The molecule has 9 nitrogen and oxygen atoms in total. The Bertz CT molecular complexity index is 1210. The standard InChI is InChI=1S/C25H27N7O2/c1-17(2)19-8-6-18(7-9-19)15-27-32-25-30-23(26-16-22-5-4-14-34-22)29-24(31-25)28-20-10-12-21(33-3)13-11-20/h4-15,17H,16H2,1-3H3,(H3,26,28,29,30,31,32). The monoisotopic (exact) mass is 457 g/mol. The summed E-state index contributed by atoms with van der Waals surface area (Å²) in [5.41, 5.74) is 5.95. The van der Waals surface area contributed by atoms with E-state index in [2.05, 4.69) is 62.1 Å². The van der Waals surface area contributed by atoms with Crippen LogP contribution in [0.4, 0.5) is 23.5 Å². The fraction of sp³-hybridized carbons (Fsp3) is 0.200. The summed E-state index contributed by atoms with van der Waals surface area (Å²) in [5.74, 6) is 3.05. The number of methoxy groups -OCH3 is 1. The Hall–Kier alpha value is -4.40. The molecule has 0 aliphatic carbocycles. The minimum absolute atomic E-state index is 0.294. The van der Waals surface area contributed by atoms with Crippen molar-refractivity contribution in [3.8, 4) is 5.75 Å². The van der Waals surface area contributed by atoms with Crippen LogP contribution in [0.5, 0.6) is 5.75 Å². The van der Waals surface area contributed by atoms with E-state index in [9.17, 15) is 0 Å². The van der Waals surface area contributed by atoms with Crippen LogP contribution in [-0.2, 0) is 6.54 Å². The van der Waals surface area contributed by atoms with Gasteiger partial charge in [0, 0.05) is 5.69 Å². The van der Waals surface area contributed by atoms with E-state index in [1.54, 1.807) is 19.6 Å². The maximum Gasteiger partial charge on any atom is 0.250 e.